The molecule has 0 unspecified atom stereocenters. The molecule has 20 heavy (non-hydrogen) atoms. The van der Waals surface area contributed by atoms with Crippen molar-refractivity contribution in [1.29, 1.82) is 0 Å². The van der Waals surface area contributed by atoms with Crippen LogP contribution in [0.4, 0.5) is 10.6 Å². The third-order valence-electron chi connectivity index (χ3n) is 2.03. The summed E-state index contributed by atoms with van der Waals surface area (Å²) in [6, 6.07) is 0. The van der Waals surface area contributed by atoms with E-state index in [1.165, 1.54) is 0 Å². The SMILES string of the molecule is CC(C)(C)OC(=O)NCCC=Cc1ncc([N+](=O)[O-])[nH]1. The first-order chi connectivity index (χ1) is 9.28. The normalized spacial score (nSPS) is 11.6. The molecule has 0 saturated heterocycles. The number of nitro groups is 1. The summed E-state index contributed by atoms with van der Waals surface area (Å²) in [5, 5.41) is 13.0. The summed E-state index contributed by atoms with van der Waals surface area (Å²) in [6.07, 6.45) is 4.61. The van der Waals surface area contributed by atoms with Gasteiger partial charge in [0.25, 0.3) is 0 Å². The molecule has 0 radical (unpaired) electrons. The fourth-order valence-corrected chi connectivity index (χ4v) is 1.27. The minimum absolute atomic E-state index is 0.156. The average Bonchev–Trinajstić information content (AvgIpc) is 2.75. The lowest BCUT2D eigenvalue weighted by Gasteiger charge is -2.19. The third-order valence-corrected chi connectivity index (χ3v) is 2.03. The van der Waals surface area contributed by atoms with E-state index >= 15 is 0 Å². The Morgan fingerprint density at radius 3 is 2.85 bits per heavy atom. The molecule has 0 saturated carbocycles. The van der Waals surface area contributed by atoms with Crippen LogP contribution in [0.2, 0.25) is 0 Å². The lowest BCUT2D eigenvalue weighted by Crippen LogP contribution is -2.32. The van der Waals surface area contributed by atoms with Crippen molar-refractivity contribution in [3.05, 3.63) is 28.2 Å². The van der Waals surface area contributed by atoms with Gasteiger partial charge in [0.05, 0.1) is 0 Å². The summed E-state index contributed by atoms with van der Waals surface area (Å²) in [6.45, 7) is 5.77. The fraction of sp³-hybridized carbons (Fsp3) is 0.500. The number of rotatable bonds is 5. The molecular formula is C12H18N4O4. The first-order valence-electron chi connectivity index (χ1n) is 6.11. The highest BCUT2D eigenvalue weighted by atomic mass is 16.6. The zero-order valence-electron chi connectivity index (χ0n) is 11.7. The van der Waals surface area contributed by atoms with Crippen LogP contribution < -0.4 is 5.32 Å². The van der Waals surface area contributed by atoms with Gasteiger partial charge in [0.15, 0.2) is 0 Å². The van der Waals surface area contributed by atoms with Crippen molar-refractivity contribution < 1.29 is 14.5 Å². The topological polar surface area (TPSA) is 110 Å². The van der Waals surface area contributed by atoms with Crippen LogP contribution in [0.3, 0.4) is 0 Å². The van der Waals surface area contributed by atoms with E-state index in [9.17, 15) is 14.9 Å². The summed E-state index contributed by atoms with van der Waals surface area (Å²) in [4.78, 5) is 27.6. The number of alkyl carbamates (subject to hydrolysis) is 1. The standard InChI is InChI=1S/C12H18N4O4/c1-12(2,3)20-11(17)13-7-5-4-6-9-14-8-10(15-9)16(18)19/h4,6,8H,5,7H2,1-3H3,(H,13,17)(H,14,15). The molecule has 1 aromatic rings. The molecule has 8 heteroatoms. The van der Waals surface area contributed by atoms with Crippen LogP contribution in [0.1, 0.15) is 33.0 Å². The quantitative estimate of drug-likeness (QED) is 0.489. The second-order valence-electron chi connectivity index (χ2n) is 5.03. The van der Waals surface area contributed by atoms with Crippen molar-refractivity contribution in [2.45, 2.75) is 32.8 Å². The molecule has 0 bridgehead atoms. The monoisotopic (exact) mass is 282 g/mol. The smallest absolute Gasteiger partial charge is 0.407 e. The third kappa shape index (κ3) is 5.98. The number of imidazole rings is 1. The maximum Gasteiger partial charge on any atom is 0.407 e. The van der Waals surface area contributed by atoms with E-state index in [1.807, 2.05) is 0 Å². The van der Waals surface area contributed by atoms with Gasteiger partial charge in [0.2, 0.25) is 5.82 Å². The number of nitrogens with one attached hydrogen (secondary N) is 2. The molecule has 0 aliphatic rings. The van der Waals surface area contributed by atoms with Crippen LogP contribution in [0, 0.1) is 10.1 Å². The number of amides is 1. The Hall–Kier alpha value is -2.38. The van der Waals surface area contributed by atoms with Gasteiger partial charge in [-0.25, -0.2) is 14.8 Å². The predicted molar refractivity (Wildman–Crippen MR) is 73.1 cm³/mol. The number of carbonyl (C=O) groups is 1. The maximum absolute atomic E-state index is 11.3. The van der Waals surface area contributed by atoms with Crippen LogP contribution in [0.25, 0.3) is 6.08 Å². The Morgan fingerprint density at radius 1 is 1.60 bits per heavy atom. The summed E-state index contributed by atoms with van der Waals surface area (Å²) < 4.78 is 5.06. The molecule has 8 nitrogen and oxygen atoms in total. The van der Waals surface area contributed by atoms with Gasteiger partial charge in [-0.15, -0.1) is 0 Å². The Balaban J connectivity index is 2.28. The number of H-pyrrole nitrogens is 1. The van der Waals surface area contributed by atoms with Crippen molar-refractivity contribution in [2.24, 2.45) is 0 Å². The molecule has 1 amide bonds. The molecule has 1 heterocycles. The van der Waals surface area contributed by atoms with E-state index < -0.39 is 16.6 Å². The zero-order chi connectivity index (χ0) is 15.2. The number of nitrogens with zero attached hydrogens (tertiary/aromatic N) is 2. The van der Waals surface area contributed by atoms with Crippen molar-refractivity contribution in [1.82, 2.24) is 15.3 Å². The van der Waals surface area contributed by atoms with Gasteiger partial charge in [0.1, 0.15) is 11.8 Å². The number of aromatic nitrogens is 2. The van der Waals surface area contributed by atoms with Crippen molar-refractivity contribution in [2.75, 3.05) is 6.54 Å². The Bertz CT molecular complexity index is 502. The van der Waals surface area contributed by atoms with Crippen molar-refractivity contribution >= 4 is 18.0 Å². The minimum Gasteiger partial charge on any atom is -0.444 e. The highest BCUT2D eigenvalue weighted by molar-refractivity contribution is 5.67. The molecule has 2 N–H and O–H groups in total. The van der Waals surface area contributed by atoms with Gasteiger partial charge in [-0.3, -0.25) is 0 Å². The van der Waals surface area contributed by atoms with Gasteiger partial charge >= 0.3 is 11.9 Å². The summed E-state index contributed by atoms with van der Waals surface area (Å²) in [7, 11) is 0. The molecule has 1 aromatic heterocycles. The molecule has 1 rings (SSSR count). The number of ether oxygens (including phenoxy) is 1. The highest BCUT2D eigenvalue weighted by Gasteiger charge is 2.15. The molecule has 110 valence electrons. The minimum atomic E-state index is -0.547. The van der Waals surface area contributed by atoms with Crippen molar-refractivity contribution in [3.8, 4) is 0 Å². The average molecular weight is 282 g/mol. The van der Waals surface area contributed by atoms with Crippen LogP contribution in [0.15, 0.2) is 12.3 Å². The molecule has 0 aliphatic heterocycles. The van der Waals surface area contributed by atoms with Gasteiger partial charge in [-0.2, -0.15) is 0 Å². The molecule has 0 fully saturated rings. The molecule has 0 spiro atoms. The first-order valence-corrected chi connectivity index (χ1v) is 6.11. The van der Waals surface area contributed by atoms with Crippen LogP contribution in [-0.2, 0) is 4.74 Å². The predicted octanol–water partition coefficient (Wildman–Crippen LogP) is 2.25. The molecular weight excluding hydrogens is 264 g/mol. The Kier molecular flexibility index (Phi) is 5.24. The fourth-order valence-electron chi connectivity index (χ4n) is 1.27. The van der Waals surface area contributed by atoms with E-state index in [4.69, 9.17) is 4.74 Å². The largest absolute Gasteiger partial charge is 0.444 e. The zero-order valence-corrected chi connectivity index (χ0v) is 11.7. The Morgan fingerprint density at radius 2 is 2.30 bits per heavy atom. The van der Waals surface area contributed by atoms with Crippen LogP contribution >= 0.6 is 0 Å². The van der Waals surface area contributed by atoms with E-state index in [1.54, 1.807) is 32.9 Å². The van der Waals surface area contributed by atoms with Crippen molar-refractivity contribution in [3.63, 3.8) is 0 Å². The first kappa shape index (κ1) is 15.7. The van der Waals surface area contributed by atoms with Gasteiger partial charge < -0.3 is 20.2 Å². The van der Waals surface area contributed by atoms with Gasteiger partial charge in [-0.05, 0) is 32.1 Å². The van der Waals surface area contributed by atoms with E-state index in [0.717, 1.165) is 6.20 Å². The lowest BCUT2D eigenvalue weighted by molar-refractivity contribution is -0.389. The van der Waals surface area contributed by atoms with Crippen LogP contribution in [-0.4, -0.2) is 33.1 Å². The second-order valence-corrected chi connectivity index (χ2v) is 5.03. The summed E-state index contributed by atoms with van der Waals surface area (Å²) >= 11 is 0. The molecule has 0 aromatic carbocycles. The van der Waals surface area contributed by atoms with E-state index in [-0.39, 0.29) is 5.82 Å². The Labute approximate surface area is 116 Å². The summed E-state index contributed by atoms with van der Waals surface area (Å²) in [5.74, 6) is 0.241. The molecule has 0 aliphatic carbocycles. The van der Waals surface area contributed by atoms with Gasteiger partial charge in [0, 0.05) is 12.6 Å². The number of hydrogen-bond acceptors (Lipinski definition) is 5. The number of hydrogen-bond donors (Lipinski definition) is 2. The molecule has 0 atom stereocenters. The van der Waals surface area contributed by atoms with E-state index in [0.29, 0.717) is 18.8 Å². The number of aromatic amines is 1. The maximum atomic E-state index is 11.3. The second kappa shape index (κ2) is 6.69. The summed E-state index contributed by atoms with van der Waals surface area (Å²) in [5.41, 5.74) is -0.521. The lowest BCUT2D eigenvalue weighted by atomic mass is 10.2. The van der Waals surface area contributed by atoms with Gasteiger partial charge in [-0.1, -0.05) is 6.08 Å². The van der Waals surface area contributed by atoms with E-state index in [2.05, 4.69) is 15.3 Å². The number of carbonyl (C=O) groups excluding carboxylic acids is 1. The van der Waals surface area contributed by atoms with Crippen LogP contribution in [0.5, 0.6) is 0 Å². The highest BCUT2D eigenvalue weighted by Crippen LogP contribution is 2.08.